The second-order valence-corrected chi connectivity index (χ2v) is 6.72. The Balaban J connectivity index is 1.76. The molecule has 0 spiro atoms. The van der Waals surface area contributed by atoms with Gasteiger partial charge < -0.3 is 29.3 Å². The molecule has 0 radical (unpaired) electrons. The van der Waals surface area contributed by atoms with Crippen molar-refractivity contribution < 1.29 is 14.2 Å². The molecule has 158 valence electrons. The highest BCUT2D eigenvalue weighted by Crippen LogP contribution is 2.22. The Kier molecular flexibility index (Phi) is 10.5. The van der Waals surface area contributed by atoms with Gasteiger partial charge in [-0.2, -0.15) is 0 Å². The minimum atomic E-state index is 0.657. The summed E-state index contributed by atoms with van der Waals surface area (Å²) in [5, 5.41) is 3.43. The lowest BCUT2D eigenvalue weighted by molar-refractivity contribution is 0.0690. The van der Waals surface area contributed by atoms with Crippen LogP contribution in [-0.4, -0.2) is 84.2 Å². The van der Waals surface area contributed by atoms with Crippen molar-refractivity contribution >= 4 is 11.6 Å². The number of anilines is 1. The summed E-state index contributed by atoms with van der Waals surface area (Å²) in [5.41, 5.74) is 1.22. The van der Waals surface area contributed by atoms with Gasteiger partial charge in [-0.15, -0.1) is 0 Å². The van der Waals surface area contributed by atoms with Gasteiger partial charge in [0.05, 0.1) is 20.3 Å². The summed E-state index contributed by atoms with van der Waals surface area (Å²) < 4.78 is 15.8. The van der Waals surface area contributed by atoms with Crippen molar-refractivity contribution in [3.63, 3.8) is 0 Å². The third-order valence-electron chi connectivity index (χ3n) is 4.72. The molecule has 0 saturated carbocycles. The molecule has 0 aliphatic carbocycles. The molecule has 0 atom stereocenters. The first-order valence-electron chi connectivity index (χ1n) is 10.3. The van der Waals surface area contributed by atoms with Gasteiger partial charge in [0.15, 0.2) is 5.96 Å². The molecule has 28 heavy (non-hydrogen) atoms. The Bertz CT molecular complexity index is 575. The maximum absolute atomic E-state index is 5.50. The number of guanidine groups is 1. The monoisotopic (exact) mass is 392 g/mol. The van der Waals surface area contributed by atoms with Gasteiger partial charge in [-0.25, -0.2) is 0 Å². The van der Waals surface area contributed by atoms with Gasteiger partial charge in [-0.05, 0) is 31.9 Å². The van der Waals surface area contributed by atoms with E-state index in [2.05, 4.69) is 34.2 Å². The Morgan fingerprint density at radius 3 is 2.61 bits per heavy atom. The topological polar surface area (TPSA) is 58.6 Å². The average Bonchev–Trinajstić information content (AvgIpc) is 2.75. The highest BCUT2D eigenvalue weighted by Gasteiger charge is 2.20. The summed E-state index contributed by atoms with van der Waals surface area (Å²) in [6, 6.07) is 8.28. The van der Waals surface area contributed by atoms with Crippen LogP contribution in [0.15, 0.2) is 29.3 Å². The number of rotatable bonds is 11. The molecule has 0 unspecified atom stereocenters. The molecule has 0 bridgehead atoms. The fraction of sp³-hybridized carbons (Fsp3) is 0.667. The van der Waals surface area contributed by atoms with Crippen molar-refractivity contribution in [2.24, 2.45) is 4.99 Å². The fourth-order valence-corrected chi connectivity index (χ4v) is 3.15. The molecule has 1 aromatic rings. The molecule has 1 N–H and O–H groups in total. The van der Waals surface area contributed by atoms with Crippen molar-refractivity contribution in [1.29, 1.82) is 0 Å². The van der Waals surface area contributed by atoms with Gasteiger partial charge in [0.1, 0.15) is 5.75 Å². The molecule has 0 aromatic heterocycles. The number of ether oxygens (including phenoxy) is 3. The fourth-order valence-electron chi connectivity index (χ4n) is 3.15. The van der Waals surface area contributed by atoms with E-state index in [1.165, 1.54) is 5.69 Å². The number of nitrogens with one attached hydrogen (secondary N) is 1. The van der Waals surface area contributed by atoms with Crippen molar-refractivity contribution in [3.8, 4) is 5.75 Å². The maximum atomic E-state index is 5.50. The van der Waals surface area contributed by atoms with E-state index in [4.69, 9.17) is 19.2 Å². The van der Waals surface area contributed by atoms with Gasteiger partial charge in [-0.3, -0.25) is 4.99 Å². The zero-order valence-electron chi connectivity index (χ0n) is 17.7. The quantitative estimate of drug-likeness (QED) is 0.354. The van der Waals surface area contributed by atoms with E-state index in [-0.39, 0.29) is 0 Å². The summed E-state index contributed by atoms with van der Waals surface area (Å²) in [6.45, 7) is 9.80. The molecule has 2 rings (SSSR count). The first-order chi connectivity index (χ1) is 13.8. The Hall–Kier alpha value is -1.99. The molecule has 1 fully saturated rings. The molecule has 7 nitrogen and oxygen atoms in total. The number of hydrogen-bond acceptors (Lipinski definition) is 5. The Labute approximate surface area is 169 Å². The number of hydrogen-bond donors (Lipinski definition) is 1. The van der Waals surface area contributed by atoms with Crippen LogP contribution in [0.2, 0.25) is 0 Å². The standard InChI is InChI=1S/C21H36N4O3/c1-4-22-21(23-10-5-6-15-28-17-16-26-2)25-13-11-24(12-14-25)19-8-7-9-20(18-19)27-3/h7-9,18H,4-6,10-17H2,1-3H3,(H,22,23). The third-order valence-corrected chi connectivity index (χ3v) is 4.72. The zero-order valence-corrected chi connectivity index (χ0v) is 17.7. The second-order valence-electron chi connectivity index (χ2n) is 6.72. The van der Waals surface area contributed by atoms with E-state index in [0.717, 1.165) is 70.4 Å². The van der Waals surface area contributed by atoms with Crippen molar-refractivity contribution in [3.05, 3.63) is 24.3 Å². The summed E-state index contributed by atoms with van der Waals surface area (Å²) in [6.07, 6.45) is 2.06. The van der Waals surface area contributed by atoms with E-state index in [1.807, 2.05) is 12.1 Å². The van der Waals surface area contributed by atoms with Crippen LogP contribution in [0.1, 0.15) is 19.8 Å². The van der Waals surface area contributed by atoms with E-state index in [1.54, 1.807) is 14.2 Å². The SMILES string of the molecule is CCNC(=NCCCCOCCOC)N1CCN(c2cccc(OC)c2)CC1. The summed E-state index contributed by atoms with van der Waals surface area (Å²) in [4.78, 5) is 9.57. The van der Waals surface area contributed by atoms with Crippen molar-refractivity contribution in [1.82, 2.24) is 10.2 Å². The number of methoxy groups -OCH3 is 2. The van der Waals surface area contributed by atoms with Gasteiger partial charge >= 0.3 is 0 Å². The largest absolute Gasteiger partial charge is 0.497 e. The van der Waals surface area contributed by atoms with Crippen LogP contribution >= 0.6 is 0 Å². The molecule has 0 amide bonds. The molecule has 1 saturated heterocycles. The first-order valence-corrected chi connectivity index (χ1v) is 10.3. The lowest BCUT2D eigenvalue weighted by Gasteiger charge is -2.37. The molecular weight excluding hydrogens is 356 g/mol. The van der Waals surface area contributed by atoms with Crippen molar-refractivity contribution in [2.75, 3.05) is 78.2 Å². The van der Waals surface area contributed by atoms with Gasteiger partial charge in [0.2, 0.25) is 0 Å². The number of aliphatic imine (C=N–C) groups is 1. The van der Waals surface area contributed by atoms with Crippen LogP contribution in [0.3, 0.4) is 0 Å². The minimum absolute atomic E-state index is 0.657. The van der Waals surface area contributed by atoms with Crippen LogP contribution in [0, 0.1) is 0 Å². The zero-order chi connectivity index (χ0) is 20.0. The van der Waals surface area contributed by atoms with Crippen molar-refractivity contribution in [2.45, 2.75) is 19.8 Å². The van der Waals surface area contributed by atoms with Crippen LogP contribution < -0.4 is 15.0 Å². The number of piperazine rings is 1. The predicted molar refractivity (Wildman–Crippen MR) is 115 cm³/mol. The maximum Gasteiger partial charge on any atom is 0.194 e. The first kappa shape index (κ1) is 22.3. The molecule has 1 aliphatic rings. The van der Waals surface area contributed by atoms with E-state index < -0.39 is 0 Å². The molecule has 1 heterocycles. The molecule has 1 aromatic carbocycles. The van der Waals surface area contributed by atoms with Crippen LogP contribution in [0.5, 0.6) is 5.75 Å². The average molecular weight is 393 g/mol. The summed E-state index contributed by atoms with van der Waals surface area (Å²) in [5.74, 6) is 1.93. The Morgan fingerprint density at radius 2 is 1.89 bits per heavy atom. The smallest absolute Gasteiger partial charge is 0.194 e. The molecule has 7 heteroatoms. The van der Waals surface area contributed by atoms with Gasteiger partial charge in [0.25, 0.3) is 0 Å². The van der Waals surface area contributed by atoms with E-state index in [0.29, 0.717) is 13.2 Å². The molecular formula is C21H36N4O3. The van der Waals surface area contributed by atoms with Crippen LogP contribution in [0.4, 0.5) is 5.69 Å². The second kappa shape index (κ2) is 13.2. The normalized spacial score (nSPS) is 15.0. The highest BCUT2D eigenvalue weighted by molar-refractivity contribution is 5.80. The van der Waals surface area contributed by atoms with Gasteiger partial charge in [0, 0.05) is 64.7 Å². The predicted octanol–water partition coefficient (Wildman–Crippen LogP) is 2.23. The summed E-state index contributed by atoms with van der Waals surface area (Å²) in [7, 11) is 3.40. The van der Waals surface area contributed by atoms with Crippen LogP contribution in [0.25, 0.3) is 0 Å². The number of nitrogens with zero attached hydrogens (tertiary/aromatic N) is 3. The van der Waals surface area contributed by atoms with E-state index >= 15 is 0 Å². The van der Waals surface area contributed by atoms with Crippen LogP contribution in [-0.2, 0) is 9.47 Å². The summed E-state index contributed by atoms with van der Waals surface area (Å²) >= 11 is 0. The highest BCUT2D eigenvalue weighted by atomic mass is 16.5. The number of unbranched alkanes of at least 4 members (excludes halogenated alkanes) is 1. The van der Waals surface area contributed by atoms with E-state index in [9.17, 15) is 0 Å². The molecule has 1 aliphatic heterocycles. The lowest BCUT2D eigenvalue weighted by Crippen LogP contribution is -2.52. The minimum Gasteiger partial charge on any atom is -0.497 e. The Morgan fingerprint density at radius 1 is 1.07 bits per heavy atom. The number of benzene rings is 1. The third kappa shape index (κ3) is 7.56. The lowest BCUT2D eigenvalue weighted by atomic mass is 10.2. The van der Waals surface area contributed by atoms with Gasteiger partial charge in [-0.1, -0.05) is 6.07 Å².